The van der Waals surface area contributed by atoms with Gasteiger partial charge in [0.05, 0.1) is 91.8 Å². The number of nitrogen functional groups attached to an aromatic ring is 2. The number of hydrogen-bond donors (Lipinski definition) is 4. The van der Waals surface area contributed by atoms with E-state index >= 15 is 0 Å². The summed E-state index contributed by atoms with van der Waals surface area (Å²) in [5.74, 6) is -2.24. The van der Waals surface area contributed by atoms with Crippen molar-refractivity contribution in [1.29, 1.82) is 0 Å². The minimum Gasteiger partial charge on any atom is -0.479 e. The summed E-state index contributed by atoms with van der Waals surface area (Å²) < 4.78 is 156. The Hall–Kier alpha value is -18.3. The van der Waals surface area contributed by atoms with Gasteiger partial charge in [-0.2, -0.15) is 54.8 Å². The van der Waals surface area contributed by atoms with Crippen LogP contribution < -0.4 is 21.1 Å². The molecule has 5 aromatic carbocycles. The number of hydrogen-bond acceptors (Lipinski definition) is 32. The minimum absolute atomic E-state index is 0.0801. The maximum Gasteiger partial charge on any atom is 0.255 e. The van der Waals surface area contributed by atoms with E-state index in [1.165, 1.54) is 98.4 Å². The molecule has 1 aliphatic rings. The molecule has 0 radical (unpaired) electrons. The highest BCUT2D eigenvalue weighted by Gasteiger charge is 2.27. The number of aliphatic hydroxyl groups excluding tert-OH is 2. The second kappa shape index (κ2) is 42.7. The van der Waals surface area contributed by atoms with Gasteiger partial charge in [0.2, 0.25) is 11.7 Å². The number of aromatic nitrogens is 26. The monoisotopic (exact) mass is 1920 g/mol. The first-order valence-electron chi connectivity index (χ1n) is 42.8. The van der Waals surface area contributed by atoms with E-state index in [9.17, 15) is 40.2 Å². The number of aliphatic hydroxyl groups is 2. The molecule has 0 bridgehead atoms. The first-order valence-corrected chi connectivity index (χ1v) is 42.8. The summed E-state index contributed by atoms with van der Waals surface area (Å²) in [6, 6.07) is 42.6. The van der Waals surface area contributed by atoms with Crippen molar-refractivity contribution in [1.82, 2.24) is 129 Å². The third-order valence-electron chi connectivity index (χ3n) is 21.5. The Bertz CT molecular complexity index is 7810. The van der Waals surface area contributed by atoms with Crippen LogP contribution in [0.5, 0.6) is 5.88 Å². The van der Waals surface area contributed by atoms with Crippen molar-refractivity contribution >= 4 is 28.5 Å². The molecule has 0 aliphatic carbocycles. The Balaban J connectivity index is 0.000000117. The molecular formula is C95H75F8N29O9. The Kier molecular flexibility index (Phi) is 28.2. The fourth-order valence-electron chi connectivity index (χ4n) is 14.6. The molecule has 141 heavy (non-hydrogen) atoms. The van der Waals surface area contributed by atoms with Crippen LogP contribution in [0.15, 0.2) is 286 Å². The number of oxazole rings is 1. The molecule has 22 rings (SSSR count). The molecule has 1 fully saturated rings. The van der Waals surface area contributed by atoms with Crippen LogP contribution >= 0.6 is 0 Å². The Labute approximate surface area is 790 Å². The molecule has 710 valence electrons. The maximum absolute atomic E-state index is 14.4. The van der Waals surface area contributed by atoms with Gasteiger partial charge in [0, 0.05) is 140 Å². The fourth-order valence-corrected chi connectivity index (χ4v) is 14.6. The molecule has 1 saturated heterocycles. The molecule has 17 heterocycles. The molecule has 1 atom stereocenters. The largest absolute Gasteiger partial charge is 0.479 e. The predicted molar refractivity (Wildman–Crippen MR) is 486 cm³/mol. The quantitative estimate of drug-likeness (QED) is 0.0386. The van der Waals surface area contributed by atoms with E-state index in [4.69, 9.17) is 48.6 Å². The molecular weight excluding hydrogens is 1840 g/mol. The molecule has 38 nitrogen and oxygen atoms in total. The number of halogens is 8. The summed E-state index contributed by atoms with van der Waals surface area (Å²) in [6.45, 7) is 1.37. The first-order chi connectivity index (χ1) is 68.8. The van der Waals surface area contributed by atoms with Crippen LogP contribution in [0.4, 0.5) is 52.6 Å². The number of methoxy groups -OCH3 is 1. The van der Waals surface area contributed by atoms with Crippen LogP contribution in [0.1, 0.15) is 62.7 Å². The predicted octanol–water partition coefficient (Wildman–Crippen LogP) is 14.3. The molecule has 0 saturated carbocycles. The lowest BCUT2D eigenvalue weighted by molar-refractivity contribution is 0.0821. The van der Waals surface area contributed by atoms with Crippen molar-refractivity contribution in [3.05, 3.63) is 366 Å². The second-order valence-electron chi connectivity index (χ2n) is 30.8. The van der Waals surface area contributed by atoms with E-state index in [1.54, 1.807) is 180 Å². The van der Waals surface area contributed by atoms with Gasteiger partial charge in [0.25, 0.3) is 35.6 Å². The first kappa shape index (κ1) is 93.1. The third kappa shape index (κ3) is 21.8. The normalized spacial score (nSPS) is 12.0. The lowest BCUT2D eigenvalue weighted by atomic mass is 10.1. The van der Waals surface area contributed by atoms with E-state index in [1.807, 2.05) is 6.07 Å². The number of fused-ring (bicyclic) bond motifs is 1. The van der Waals surface area contributed by atoms with Crippen molar-refractivity contribution in [2.45, 2.75) is 51.2 Å². The van der Waals surface area contributed by atoms with Crippen LogP contribution in [-0.4, -0.2) is 179 Å². The van der Waals surface area contributed by atoms with Crippen LogP contribution in [0.3, 0.4) is 0 Å². The molecule has 16 aromatic heterocycles. The molecule has 1 unspecified atom stereocenters. The SMILES string of the molecule is COc1nc(-n2cc(-c3ccon3)c(Cc3ccccc3F)n2)ncc1F.Fc1ccccc1Cc1nn(-c2ncc(F)c(N3CCCOC3)n2)cc1-c1ccon1.Nc1ccnc(-n2cc(-c3ccon3)c(Cc3ccccc3F)n2)n1.Nc1nc(-n2cc(-c3ncco3)c(Cc3ccccc3F)n2)ncc1F.OCC(O)Cn1ccc2cnc(-n3cc(-c4ccon4)c(Cc4ccccc4F)n3)nc21. The van der Waals surface area contributed by atoms with Crippen molar-refractivity contribution in [2.75, 3.05) is 50.0 Å². The van der Waals surface area contributed by atoms with Crippen LogP contribution in [0, 0.1) is 46.5 Å². The Morgan fingerprint density at radius 1 is 0.404 bits per heavy atom. The van der Waals surface area contributed by atoms with E-state index in [-0.39, 0.29) is 110 Å². The maximum atomic E-state index is 14.4. The molecule has 21 aromatic rings. The summed E-state index contributed by atoms with van der Waals surface area (Å²) in [6.07, 6.45) is 26.2. The second-order valence-corrected chi connectivity index (χ2v) is 30.8. The average molecular weight is 1920 g/mol. The average Bonchev–Trinajstić information content (AvgIpc) is 1.64. The number of nitrogens with two attached hydrogens (primary N) is 2. The van der Waals surface area contributed by atoms with Crippen molar-refractivity contribution in [3.8, 4) is 92.1 Å². The molecule has 0 spiro atoms. The smallest absolute Gasteiger partial charge is 0.255 e. The summed E-state index contributed by atoms with van der Waals surface area (Å²) >= 11 is 0. The minimum atomic E-state index is -0.903. The zero-order valence-electron chi connectivity index (χ0n) is 73.7. The van der Waals surface area contributed by atoms with Gasteiger partial charge in [-0.15, -0.1) is 0 Å². The number of anilines is 3. The summed E-state index contributed by atoms with van der Waals surface area (Å²) in [5.41, 5.74) is 22.5. The molecule has 1 aliphatic heterocycles. The summed E-state index contributed by atoms with van der Waals surface area (Å²) in [7, 11) is 1.31. The van der Waals surface area contributed by atoms with Gasteiger partial charge in [-0.25, -0.2) is 84.0 Å². The van der Waals surface area contributed by atoms with Crippen molar-refractivity contribution in [3.63, 3.8) is 0 Å². The highest BCUT2D eigenvalue weighted by atomic mass is 19.2. The van der Waals surface area contributed by atoms with E-state index in [0.29, 0.717) is 156 Å². The van der Waals surface area contributed by atoms with E-state index in [0.717, 1.165) is 30.4 Å². The highest BCUT2D eigenvalue weighted by Crippen LogP contribution is 2.34. The lowest BCUT2D eigenvalue weighted by Gasteiger charge is -2.27. The van der Waals surface area contributed by atoms with Gasteiger partial charge in [-0.1, -0.05) is 112 Å². The Morgan fingerprint density at radius 3 is 1.19 bits per heavy atom. The van der Waals surface area contributed by atoms with Gasteiger partial charge in [0.1, 0.15) is 101 Å². The van der Waals surface area contributed by atoms with Crippen molar-refractivity contribution in [2.24, 2.45) is 0 Å². The summed E-state index contributed by atoms with van der Waals surface area (Å²) in [4.78, 5) is 47.3. The zero-order chi connectivity index (χ0) is 97.4. The third-order valence-corrected chi connectivity index (χ3v) is 21.5. The van der Waals surface area contributed by atoms with E-state index < -0.39 is 23.6 Å². The summed E-state index contributed by atoms with van der Waals surface area (Å²) in [5, 5.41) is 58.1. The molecule has 0 amide bonds. The van der Waals surface area contributed by atoms with E-state index in [2.05, 4.69) is 101 Å². The van der Waals surface area contributed by atoms with Gasteiger partial charge in [-0.05, 0) is 76.7 Å². The van der Waals surface area contributed by atoms with Gasteiger partial charge in [-0.3, -0.25) is 0 Å². The standard InChI is InChI=1S/C22H19FN6O3.C21H18F2N6O2.C18H13F2N5O2.C17H12F2N6O.C17H13FN6O/c23-18-4-2-1-3-14(18)9-20-17(19-6-8-32-27-19)12-29(26-20)22-24-10-15-5-7-28(21(15)25-22)11-16(31)13-30;22-16-5-2-1-4-14(16)10-19-15(18-6-9-31-27-18)12-29(26-19)21-24-11-17(23)20(25-21)28-7-3-8-30-13-28;1-26-17-14(20)9-21-18(22-17)25-10-12(15-6-7-27-24-15)16(23-25)8-11-4-2-3-5-13(11)19;18-12-4-2-1-3-10(12)7-14-11(16-21-5-6-26-16)9-25(24-14)17-22-8-13(19)15(20)23-17;18-13-4-2-1-3-11(13)9-15-12(14-6-8-25-23-14)10-24(22-15)17-20-7-5-16(19)21-17/h1-8,10,12,16,30-31H,9,11,13H2;1-2,4-6,9,11-12H,3,7-8,10,13H2;2-7,9-10H,8H2,1H3;1-6,8-9H,7H2,(H2,20,22,23);1-8,10H,9H2,(H2,19,20,21). The fraction of sp³-hybridized carbons (Fsp3) is 0.137. The molecule has 6 N–H and O–H groups in total. The van der Waals surface area contributed by atoms with Crippen LogP contribution in [0.25, 0.3) is 97.3 Å². The topological polar surface area (TPSA) is 467 Å². The Morgan fingerprint density at radius 2 is 0.801 bits per heavy atom. The van der Waals surface area contributed by atoms with Crippen LogP contribution in [-0.2, 0) is 43.4 Å². The number of nitrogens with zero attached hydrogens (tertiary/aromatic N) is 27. The van der Waals surface area contributed by atoms with Gasteiger partial charge in [0.15, 0.2) is 23.3 Å². The zero-order valence-corrected chi connectivity index (χ0v) is 73.7. The van der Waals surface area contributed by atoms with Crippen molar-refractivity contribution < 1.29 is 77.3 Å². The van der Waals surface area contributed by atoms with Gasteiger partial charge >= 0.3 is 0 Å². The highest BCUT2D eigenvalue weighted by molar-refractivity contribution is 5.76. The van der Waals surface area contributed by atoms with Gasteiger partial charge < -0.3 is 63.1 Å². The number of rotatable bonds is 25. The number of benzene rings is 5. The van der Waals surface area contributed by atoms with Crippen LogP contribution in [0.2, 0.25) is 0 Å². The molecule has 46 heteroatoms. The number of ether oxygens (including phenoxy) is 2. The lowest BCUT2D eigenvalue weighted by Crippen LogP contribution is -2.34.